The van der Waals surface area contributed by atoms with Gasteiger partial charge in [0.25, 0.3) is 0 Å². The predicted octanol–water partition coefficient (Wildman–Crippen LogP) is 1.63. The van der Waals surface area contributed by atoms with Crippen LogP contribution in [0.3, 0.4) is 0 Å². The van der Waals surface area contributed by atoms with Crippen LogP contribution in [0.15, 0.2) is 18.2 Å². The normalized spacial score (nSPS) is 12.4. The summed E-state index contributed by atoms with van der Waals surface area (Å²) in [6.45, 7) is 1.82. The Morgan fingerprint density at radius 3 is 2.38 bits per heavy atom. The topological polar surface area (TPSA) is 66.8 Å². The second-order valence-electron chi connectivity index (χ2n) is 3.82. The molecule has 0 unspecified atom stereocenters. The molecular formula is C12H16O4. The van der Waals surface area contributed by atoms with Crippen LogP contribution in [0, 0.1) is 0 Å². The van der Waals surface area contributed by atoms with E-state index in [4.69, 9.17) is 4.74 Å². The lowest BCUT2D eigenvalue weighted by Crippen LogP contribution is -2.13. The maximum absolute atomic E-state index is 11.6. The number of ether oxygens (including phenoxy) is 1. The second-order valence-corrected chi connectivity index (χ2v) is 3.82. The maximum Gasteiger partial charge on any atom is 0.139 e. The van der Waals surface area contributed by atoms with Crippen LogP contribution in [0.25, 0.3) is 0 Å². The SMILES string of the molecule is CO[C@H](C)CC(=O)Cc1cc(O)cc(O)c1. The number of methoxy groups -OCH3 is 1. The molecular weight excluding hydrogens is 208 g/mol. The number of hydrogen-bond acceptors (Lipinski definition) is 4. The number of Topliss-reactive ketones (excluding diaryl/α,β-unsaturated/α-hetero) is 1. The van der Waals surface area contributed by atoms with E-state index in [2.05, 4.69) is 0 Å². The number of phenolic OH excluding ortho intramolecular Hbond substituents is 2. The third kappa shape index (κ3) is 3.90. The highest BCUT2D eigenvalue weighted by Gasteiger charge is 2.10. The summed E-state index contributed by atoms with van der Waals surface area (Å²) in [4.78, 5) is 11.6. The molecule has 0 radical (unpaired) electrons. The lowest BCUT2D eigenvalue weighted by molar-refractivity contribution is -0.120. The van der Waals surface area contributed by atoms with E-state index in [0.29, 0.717) is 12.0 Å². The Morgan fingerprint density at radius 2 is 1.88 bits per heavy atom. The van der Waals surface area contributed by atoms with Crippen molar-refractivity contribution in [2.75, 3.05) is 7.11 Å². The lowest BCUT2D eigenvalue weighted by Gasteiger charge is -2.08. The Morgan fingerprint density at radius 1 is 1.31 bits per heavy atom. The molecule has 4 heteroatoms. The molecule has 0 heterocycles. The van der Waals surface area contributed by atoms with Gasteiger partial charge in [0.1, 0.15) is 17.3 Å². The molecule has 88 valence electrons. The van der Waals surface area contributed by atoms with Gasteiger partial charge in [0, 0.05) is 26.0 Å². The Balaban J connectivity index is 2.62. The number of hydrogen-bond donors (Lipinski definition) is 2. The van der Waals surface area contributed by atoms with Gasteiger partial charge in [-0.2, -0.15) is 0 Å². The van der Waals surface area contributed by atoms with E-state index in [0.717, 1.165) is 0 Å². The monoisotopic (exact) mass is 224 g/mol. The summed E-state index contributed by atoms with van der Waals surface area (Å²) in [5.41, 5.74) is 0.603. The Bertz CT molecular complexity index is 353. The quantitative estimate of drug-likeness (QED) is 0.797. The molecule has 0 bridgehead atoms. The van der Waals surface area contributed by atoms with E-state index < -0.39 is 0 Å². The largest absolute Gasteiger partial charge is 0.508 e. The molecule has 0 amide bonds. The highest BCUT2D eigenvalue weighted by Crippen LogP contribution is 2.21. The minimum atomic E-state index is -0.113. The van der Waals surface area contributed by atoms with Gasteiger partial charge in [-0.1, -0.05) is 0 Å². The van der Waals surface area contributed by atoms with Crippen molar-refractivity contribution in [3.63, 3.8) is 0 Å². The van der Waals surface area contributed by atoms with Crippen molar-refractivity contribution >= 4 is 5.78 Å². The van der Waals surface area contributed by atoms with Gasteiger partial charge >= 0.3 is 0 Å². The first-order chi connectivity index (χ1) is 7.51. The zero-order chi connectivity index (χ0) is 12.1. The zero-order valence-electron chi connectivity index (χ0n) is 9.43. The van der Waals surface area contributed by atoms with Gasteiger partial charge in [-0.05, 0) is 24.6 Å². The number of rotatable bonds is 5. The summed E-state index contributed by atoms with van der Waals surface area (Å²) in [6, 6.07) is 4.16. The Hall–Kier alpha value is -1.55. The van der Waals surface area contributed by atoms with Crippen LogP contribution in [0.5, 0.6) is 11.5 Å². The van der Waals surface area contributed by atoms with Gasteiger partial charge in [0.05, 0.1) is 6.10 Å². The van der Waals surface area contributed by atoms with Crippen molar-refractivity contribution in [3.8, 4) is 11.5 Å². The van der Waals surface area contributed by atoms with Gasteiger partial charge < -0.3 is 14.9 Å². The summed E-state index contributed by atoms with van der Waals surface area (Å²) in [6.07, 6.45) is 0.404. The third-order valence-corrected chi connectivity index (χ3v) is 2.28. The standard InChI is InChI=1S/C12H16O4/c1-8(16-2)3-10(13)4-9-5-11(14)7-12(15)6-9/h5-8,14-15H,3-4H2,1-2H3/t8-/m1/s1. The summed E-state index contributed by atoms with van der Waals surface area (Å²) < 4.78 is 4.99. The number of phenols is 2. The van der Waals surface area contributed by atoms with Crippen LogP contribution < -0.4 is 0 Å². The lowest BCUT2D eigenvalue weighted by atomic mass is 10.0. The molecule has 16 heavy (non-hydrogen) atoms. The molecule has 1 aromatic carbocycles. The van der Waals surface area contributed by atoms with Crippen molar-refractivity contribution in [2.24, 2.45) is 0 Å². The van der Waals surface area contributed by atoms with Crippen LogP contribution in [0.1, 0.15) is 18.9 Å². The molecule has 0 saturated heterocycles. The summed E-state index contributed by atoms with van der Waals surface area (Å²) in [5, 5.41) is 18.5. The highest BCUT2D eigenvalue weighted by molar-refractivity contribution is 5.81. The van der Waals surface area contributed by atoms with E-state index in [9.17, 15) is 15.0 Å². The van der Waals surface area contributed by atoms with Crippen LogP contribution in [-0.2, 0) is 16.0 Å². The molecule has 0 fully saturated rings. The minimum Gasteiger partial charge on any atom is -0.508 e. The molecule has 1 rings (SSSR count). The van der Waals surface area contributed by atoms with Crippen LogP contribution >= 0.6 is 0 Å². The fourth-order valence-corrected chi connectivity index (χ4v) is 1.46. The van der Waals surface area contributed by atoms with Gasteiger partial charge in [-0.25, -0.2) is 0 Å². The van der Waals surface area contributed by atoms with Crippen LogP contribution in [0.4, 0.5) is 0 Å². The molecule has 1 atom stereocenters. The molecule has 0 aromatic heterocycles. The van der Waals surface area contributed by atoms with Crippen molar-refractivity contribution in [1.82, 2.24) is 0 Å². The van der Waals surface area contributed by atoms with Crippen LogP contribution in [-0.4, -0.2) is 29.2 Å². The minimum absolute atomic E-state index is 0.0133. The second kappa shape index (κ2) is 5.51. The van der Waals surface area contributed by atoms with Crippen LogP contribution in [0.2, 0.25) is 0 Å². The van der Waals surface area contributed by atoms with E-state index in [1.165, 1.54) is 18.2 Å². The van der Waals surface area contributed by atoms with Crippen molar-refractivity contribution in [1.29, 1.82) is 0 Å². The fourth-order valence-electron chi connectivity index (χ4n) is 1.46. The van der Waals surface area contributed by atoms with Gasteiger partial charge in [-0.3, -0.25) is 4.79 Å². The molecule has 0 aliphatic rings. The molecule has 4 nitrogen and oxygen atoms in total. The molecule has 1 aromatic rings. The third-order valence-electron chi connectivity index (χ3n) is 2.28. The predicted molar refractivity (Wildman–Crippen MR) is 59.6 cm³/mol. The molecule has 0 aliphatic heterocycles. The average molecular weight is 224 g/mol. The fraction of sp³-hybridized carbons (Fsp3) is 0.417. The van der Waals surface area contributed by atoms with Crippen molar-refractivity contribution < 1.29 is 19.7 Å². The van der Waals surface area contributed by atoms with Gasteiger partial charge in [-0.15, -0.1) is 0 Å². The van der Waals surface area contributed by atoms with E-state index in [1.54, 1.807) is 7.11 Å². The Kier molecular flexibility index (Phi) is 4.31. The maximum atomic E-state index is 11.6. The van der Waals surface area contributed by atoms with E-state index in [-0.39, 0.29) is 29.8 Å². The van der Waals surface area contributed by atoms with Gasteiger partial charge in [0.2, 0.25) is 0 Å². The first-order valence-electron chi connectivity index (χ1n) is 5.07. The molecule has 0 aliphatic carbocycles. The smallest absolute Gasteiger partial charge is 0.139 e. The number of carbonyl (C=O) groups is 1. The average Bonchev–Trinajstić information content (AvgIpc) is 2.15. The summed E-state index contributed by atoms with van der Waals surface area (Å²) in [7, 11) is 1.55. The highest BCUT2D eigenvalue weighted by atomic mass is 16.5. The van der Waals surface area contributed by atoms with Gasteiger partial charge in [0.15, 0.2) is 0 Å². The number of aromatic hydroxyl groups is 2. The number of benzene rings is 1. The Labute approximate surface area is 94.5 Å². The summed E-state index contributed by atoms with van der Waals surface area (Å²) >= 11 is 0. The molecule has 2 N–H and O–H groups in total. The van der Waals surface area contributed by atoms with Crippen molar-refractivity contribution in [2.45, 2.75) is 25.9 Å². The van der Waals surface area contributed by atoms with Crippen molar-refractivity contribution in [3.05, 3.63) is 23.8 Å². The first-order valence-corrected chi connectivity index (χ1v) is 5.07. The van der Waals surface area contributed by atoms with E-state index in [1.807, 2.05) is 6.92 Å². The van der Waals surface area contributed by atoms with E-state index >= 15 is 0 Å². The number of ketones is 1. The zero-order valence-corrected chi connectivity index (χ0v) is 9.43. The molecule has 0 saturated carbocycles. The first kappa shape index (κ1) is 12.5. The number of carbonyl (C=O) groups excluding carboxylic acids is 1. The molecule has 0 spiro atoms. The summed E-state index contributed by atoms with van der Waals surface area (Å²) in [5.74, 6) is -0.0653.